The van der Waals surface area contributed by atoms with E-state index in [-0.39, 0.29) is 6.04 Å². The van der Waals surface area contributed by atoms with Gasteiger partial charge in [0.1, 0.15) is 6.61 Å². The van der Waals surface area contributed by atoms with E-state index in [1.165, 1.54) is 0 Å². The maximum absolute atomic E-state index is 8.89. The third-order valence-corrected chi connectivity index (χ3v) is 3.16. The molecule has 2 rings (SSSR count). The van der Waals surface area contributed by atoms with Gasteiger partial charge in [-0.2, -0.15) is 5.26 Å². The highest BCUT2D eigenvalue weighted by atomic mass is 16.5. The van der Waals surface area contributed by atoms with Crippen LogP contribution in [0.4, 0.5) is 0 Å². The lowest BCUT2D eigenvalue weighted by Crippen LogP contribution is -2.05. The van der Waals surface area contributed by atoms with E-state index in [4.69, 9.17) is 20.5 Å². The van der Waals surface area contributed by atoms with Gasteiger partial charge in [-0.25, -0.2) is 0 Å². The number of nitriles is 1. The number of hydrogen-bond donors (Lipinski definition) is 1. The summed E-state index contributed by atoms with van der Waals surface area (Å²) in [4.78, 5) is 0. The average molecular weight is 282 g/mol. The molecule has 0 unspecified atom stereocenters. The minimum Gasteiger partial charge on any atom is -0.493 e. The maximum atomic E-state index is 8.89. The number of methoxy groups -OCH3 is 1. The first-order valence-corrected chi connectivity index (χ1v) is 6.69. The van der Waals surface area contributed by atoms with Gasteiger partial charge in [-0.15, -0.1) is 0 Å². The standard InChI is InChI=1S/C17H18N2O2/c1-12(19)15-6-7-16(17(9-15)20-2)21-11-14-5-3-4-13(8-14)10-18/h3-9,12H,11,19H2,1-2H3/t12-/m0/s1. The number of benzene rings is 2. The molecule has 0 amide bonds. The summed E-state index contributed by atoms with van der Waals surface area (Å²) in [7, 11) is 1.60. The first-order valence-electron chi connectivity index (χ1n) is 6.69. The van der Waals surface area contributed by atoms with Gasteiger partial charge in [-0.1, -0.05) is 18.2 Å². The molecule has 1 atom stereocenters. The van der Waals surface area contributed by atoms with Crippen LogP contribution in [-0.2, 0) is 6.61 Å². The summed E-state index contributed by atoms with van der Waals surface area (Å²) in [5, 5.41) is 8.89. The third-order valence-electron chi connectivity index (χ3n) is 3.16. The molecule has 0 bridgehead atoms. The molecular formula is C17H18N2O2. The predicted octanol–water partition coefficient (Wildman–Crippen LogP) is 3.17. The van der Waals surface area contributed by atoms with Gasteiger partial charge in [0, 0.05) is 6.04 Å². The molecule has 0 aliphatic carbocycles. The van der Waals surface area contributed by atoms with Crippen LogP contribution < -0.4 is 15.2 Å². The van der Waals surface area contributed by atoms with Gasteiger partial charge in [0.25, 0.3) is 0 Å². The highest BCUT2D eigenvalue weighted by Crippen LogP contribution is 2.30. The zero-order valence-corrected chi connectivity index (χ0v) is 12.2. The number of ether oxygens (including phenoxy) is 2. The second kappa shape index (κ2) is 6.78. The molecule has 0 spiro atoms. The van der Waals surface area contributed by atoms with Crippen molar-refractivity contribution in [3.8, 4) is 17.6 Å². The molecule has 0 saturated carbocycles. The zero-order valence-electron chi connectivity index (χ0n) is 12.2. The van der Waals surface area contributed by atoms with Crippen molar-refractivity contribution in [2.45, 2.75) is 19.6 Å². The Labute approximate surface area is 124 Å². The van der Waals surface area contributed by atoms with Gasteiger partial charge >= 0.3 is 0 Å². The second-order valence-corrected chi connectivity index (χ2v) is 4.80. The second-order valence-electron chi connectivity index (χ2n) is 4.80. The van der Waals surface area contributed by atoms with Crippen LogP contribution in [0.1, 0.15) is 29.7 Å². The minimum absolute atomic E-state index is 0.0553. The summed E-state index contributed by atoms with van der Waals surface area (Å²) >= 11 is 0. The van der Waals surface area contributed by atoms with Crippen molar-refractivity contribution >= 4 is 0 Å². The van der Waals surface area contributed by atoms with E-state index in [2.05, 4.69) is 6.07 Å². The fourth-order valence-corrected chi connectivity index (χ4v) is 1.98. The smallest absolute Gasteiger partial charge is 0.161 e. The monoisotopic (exact) mass is 282 g/mol. The Morgan fingerprint density at radius 2 is 2.00 bits per heavy atom. The number of hydrogen-bond acceptors (Lipinski definition) is 4. The van der Waals surface area contributed by atoms with Crippen molar-refractivity contribution in [3.63, 3.8) is 0 Å². The highest BCUT2D eigenvalue weighted by molar-refractivity contribution is 5.44. The summed E-state index contributed by atoms with van der Waals surface area (Å²) in [6.45, 7) is 2.30. The first kappa shape index (κ1) is 14.9. The minimum atomic E-state index is -0.0553. The summed E-state index contributed by atoms with van der Waals surface area (Å²) < 4.78 is 11.1. The molecule has 0 fully saturated rings. The van der Waals surface area contributed by atoms with Crippen molar-refractivity contribution in [2.75, 3.05) is 7.11 Å². The first-order chi connectivity index (χ1) is 10.1. The van der Waals surface area contributed by atoms with E-state index in [0.29, 0.717) is 23.7 Å². The average Bonchev–Trinajstić information content (AvgIpc) is 2.52. The lowest BCUT2D eigenvalue weighted by atomic mass is 10.1. The number of nitrogens with two attached hydrogens (primary N) is 1. The van der Waals surface area contributed by atoms with Crippen LogP contribution in [0.3, 0.4) is 0 Å². The Morgan fingerprint density at radius 3 is 2.67 bits per heavy atom. The van der Waals surface area contributed by atoms with Gasteiger partial charge in [-0.3, -0.25) is 0 Å². The van der Waals surface area contributed by atoms with Gasteiger partial charge in [0.2, 0.25) is 0 Å². The molecule has 0 heterocycles. The number of rotatable bonds is 5. The topological polar surface area (TPSA) is 68.3 Å². The summed E-state index contributed by atoms with van der Waals surface area (Å²) in [5.41, 5.74) is 8.41. The molecule has 108 valence electrons. The van der Waals surface area contributed by atoms with Crippen LogP contribution >= 0.6 is 0 Å². The fourth-order valence-electron chi connectivity index (χ4n) is 1.98. The van der Waals surface area contributed by atoms with Crippen LogP contribution in [0.15, 0.2) is 42.5 Å². The molecule has 0 aliphatic heterocycles. The van der Waals surface area contributed by atoms with Crippen molar-refractivity contribution < 1.29 is 9.47 Å². The molecule has 2 aromatic rings. The Kier molecular flexibility index (Phi) is 4.81. The molecule has 2 N–H and O–H groups in total. The molecule has 4 nitrogen and oxygen atoms in total. The van der Waals surface area contributed by atoms with Crippen molar-refractivity contribution in [3.05, 3.63) is 59.2 Å². The SMILES string of the molecule is COc1cc([C@H](C)N)ccc1OCc1cccc(C#N)c1. The van der Waals surface area contributed by atoms with Gasteiger partial charge < -0.3 is 15.2 Å². The van der Waals surface area contributed by atoms with Gasteiger partial charge in [-0.05, 0) is 42.3 Å². The predicted molar refractivity (Wildman–Crippen MR) is 81.1 cm³/mol. The molecule has 0 aliphatic rings. The molecular weight excluding hydrogens is 264 g/mol. The van der Waals surface area contributed by atoms with Crippen LogP contribution in [0.2, 0.25) is 0 Å². The third kappa shape index (κ3) is 3.74. The van der Waals surface area contributed by atoms with Crippen LogP contribution in [0.25, 0.3) is 0 Å². The molecule has 4 heteroatoms. The quantitative estimate of drug-likeness (QED) is 0.914. The Bertz CT molecular complexity index is 660. The van der Waals surface area contributed by atoms with Gasteiger partial charge in [0.05, 0.1) is 18.7 Å². The maximum Gasteiger partial charge on any atom is 0.161 e. The van der Waals surface area contributed by atoms with Gasteiger partial charge in [0.15, 0.2) is 11.5 Å². The Hall–Kier alpha value is -2.51. The largest absolute Gasteiger partial charge is 0.493 e. The Balaban J connectivity index is 2.14. The van der Waals surface area contributed by atoms with Crippen molar-refractivity contribution in [1.29, 1.82) is 5.26 Å². The lowest BCUT2D eigenvalue weighted by molar-refractivity contribution is 0.284. The van der Waals surface area contributed by atoms with E-state index in [1.807, 2.05) is 43.3 Å². The van der Waals surface area contributed by atoms with Crippen LogP contribution in [-0.4, -0.2) is 7.11 Å². The van der Waals surface area contributed by atoms with Crippen molar-refractivity contribution in [1.82, 2.24) is 0 Å². The van der Waals surface area contributed by atoms with E-state index >= 15 is 0 Å². The fraction of sp³-hybridized carbons (Fsp3) is 0.235. The molecule has 21 heavy (non-hydrogen) atoms. The molecule has 0 saturated heterocycles. The Morgan fingerprint density at radius 1 is 1.19 bits per heavy atom. The summed E-state index contributed by atoms with van der Waals surface area (Å²) in [5.74, 6) is 1.31. The highest BCUT2D eigenvalue weighted by Gasteiger charge is 2.08. The normalized spacial score (nSPS) is 11.5. The molecule has 0 aromatic heterocycles. The lowest BCUT2D eigenvalue weighted by Gasteiger charge is -2.13. The van der Waals surface area contributed by atoms with Crippen LogP contribution in [0.5, 0.6) is 11.5 Å². The van der Waals surface area contributed by atoms with Crippen molar-refractivity contribution in [2.24, 2.45) is 5.73 Å². The molecule has 2 aromatic carbocycles. The molecule has 0 radical (unpaired) electrons. The van der Waals surface area contributed by atoms with E-state index < -0.39 is 0 Å². The van der Waals surface area contributed by atoms with E-state index in [1.54, 1.807) is 13.2 Å². The summed E-state index contributed by atoms with van der Waals surface area (Å²) in [6.07, 6.45) is 0. The van der Waals surface area contributed by atoms with E-state index in [0.717, 1.165) is 11.1 Å². The van der Waals surface area contributed by atoms with Crippen LogP contribution in [0, 0.1) is 11.3 Å². The summed E-state index contributed by atoms with van der Waals surface area (Å²) in [6, 6.07) is 15.1. The van der Waals surface area contributed by atoms with E-state index in [9.17, 15) is 0 Å². The zero-order chi connectivity index (χ0) is 15.2. The number of nitrogens with zero attached hydrogens (tertiary/aromatic N) is 1.